The fourth-order valence-corrected chi connectivity index (χ4v) is 1.89. The normalized spacial score (nSPS) is 23.8. The van der Waals surface area contributed by atoms with Crippen LogP contribution < -0.4 is 0 Å². The third-order valence-electron chi connectivity index (χ3n) is 2.79. The minimum atomic E-state index is -4.91. The third-order valence-corrected chi connectivity index (χ3v) is 2.79. The van der Waals surface area contributed by atoms with Gasteiger partial charge in [-0.3, -0.25) is 4.79 Å². The number of halogens is 3. The van der Waals surface area contributed by atoms with Crippen molar-refractivity contribution in [3.8, 4) is 0 Å². The number of carboxylic acids is 1. The van der Waals surface area contributed by atoms with E-state index in [1.165, 1.54) is 0 Å². The molecular formula is C12H18F3NO5. The maximum absolute atomic E-state index is 13.2. The van der Waals surface area contributed by atoms with Gasteiger partial charge in [0.15, 0.2) is 5.60 Å². The highest BCUT2D eigenvalue weighted by Crippen LogP contribution is 2.39. The molecule has 1 aliphatic heterocycles. The van der Waals surface area contributed by atoms with Gasteiger partial charge < -0.3 is 19.5 Å². The molecule has 1 saturated heterocycles. The minimum absolute atomic E-state index is 0.0909. The first-order chi connectivity index (χ1) is 9.36. The van der Waals surface area contributed by atoms with Crippen LogP contribution in [-0.4, -0.2) is 59.1 Å². The molecule has 0 radical (unpaired) electrons. The number of carbonyl (C=O) groups is 2. The van der Waals surface area contributed by atoms with Crippen molar-refractivity contribution >= 4 is 12.1 Å². The average Bonchev–Trinajstić information content (AvgIpc) is 2.24. The summed E-state index contributed by atoms with van der Waals surface area (Å²) in [5.41, 5.74) is -3.77. The lowest BCUT2D eigenvalue weighted by molar-refractivity contribution is -0.295. The van der Waals surface area contributed by atoms with Crippen LogP contribution in [0.4, 0.5) is 18.0 Å². The number of ether oxygens (including phenoxy) is 2. The van der Waals surface area contributed by atoms with Crippen molar-refractivity contribution in [3.63, 3.8) is 0 Å². The molecule has 9 heteroatoms. The summed E-state index contributed by atoms with van der Waals surface area (Å²) in [5.74, 6) is -1.65. The Morgan fingerprint density at radius 2 is 1.90 bits per heavy atom. The molecule has 0 bridgehead atoms. The number of aliphatic carboxylic acids is 1. The second-order valence-corrected chi connectivity index (χ2v) is 5.81. The first-order valence-corrected chi connectivity index (χ1v) is 6.27. The molecule has 1 atom stereocenters. The topological polar surface area (TPSA) is 76.1 Å². The number of alkyl halides is 3. The summed E-state index contributed by atoms with van der Waals surface area (Å²) >= 11 is 0. The summed E-state index contributed by atoms with van der Waals surface area (Å²) in [5, 5.41) is 8.69. The molecule has 1 fully saturated rings. The van der Waals surface area contributed by atoms with Crippen LogP contribution in [0.1, 0.15) is 27.2 Å². The lowest BCUT2D eigenvalue weighted by atomic mass is 9.96. The predicted octanol–water partition coefficient (Wildman–Crippen LogP) is 2.03. The predicted molar refractivity (Wildman–Crippen MR) is 64.8 cm³/mol. The average molecular weight is 313 g/mol. The molecule has 1 amide bonds. The zero-order valence-corrected chi connectivity index (χ0v) is 12.0. The summed E-state index contributed by atoms with van der Waals surface area (Å²) in [6.45, 7) is 3.34. The third kappa shape index (κ3) is 4.48. The van der Waals surface area contributed by atoms with Gasteiger partial charge in [0.1, 0.15) is 5.60 Å². The Balaban J connectivity index is 2.94. The molecule has 1 heterocycles. The van der Waals surface area contributed by atoms with Gasteiger partial charge >= 0.3 is 18.2 Å². The van der Waals surface area contributed by atoms with Crippen molar-refractivity contribution in [2.24, 2.45) is 0 Å². The number of hydrogen-bond acceptors (Lipinski definition) is 4. The van der Waals surface area contributed by atoms with Gasteiger partial charge in [0.05, 0.1) is 19.6 Å². The van der Waals surface area contributed by atoms with Crippen molar-refractivity contribution in [2.75, 3.05) is 19.7 Å². The monoisotopic (exact) mass is 313 g/mol. The molecule has 0 aromatic heterocycles. The fraction of sp³-hybridized carbons (Fsp3) is 0.833. The number of hydrogen-bond donors (Lipinski definition) is 1. The number of morpholine rings is 1. The van der Waals surface area contributed by atoms with Crippen LogP contribution in [0.25, 0.3) is 0 Å². The van der Waals surface area contributed by atoms with Gasteiger partial charge in [-0.05, 0) is 20.8 Å². The quantitative estimate of drug-likeness (QED) is 0.844. The molecule has 0 spiro atoms. The van der Waals surface area contributed by atoms with E-state index in [4.69, 9.17) is 14.6 Å². The minimum Gasteiger partial charge on any atom is -0.481 e. The zero-order chi connectivity index (χ0) is 16.5. The molecule has 1 aliphatic rings. The molecule has 1 rings (SSSR count). The lowest BCUT2D eigenvalue weighted by Gasteiger charge is -2.42. The molecule has 0 aromatic rings. The number of amides is 1. The van der Waals surface area contributed by atoms with E-state index in [0.29, 0.717) is 0 Å². The van der Waals surface area contributed by atoms with Gasteiger partial charge in [0.25, 0.3) is 0 Å². The van der Waals surface area contributed by atoms with Gasteiger partial charge in [0, 0.05) is 6.54 Å². The van der Waals surface area contributed by atoms with Gasteiger partial charge in [0.2, 0.25) is 0 Å². The van der Waals surface area contributed by atoms with Crippen molar-refractivity contribution in [1.29, 1.82) is 0 Å². The summed E-state index contributed by atoms with van der Waals surface area (Å²) in [4.78, 5) is 23.4. The fourth-order valence-electron chi connectivity index (χ4n) is 1.89. The molecule has 0 aliphatic carbocycles. The molecular weight excluding hydrogens is 295 g/mol. The van der Waals surface area contributed by atoms with E-state index >= 15 is 0 Å². The van der Waals surface area contributed by atoms with Crippen molar-refractivity contribution < 1.29 is 37.3 Å². The Labute approximate surface area is 119 Å². The van der Waals surface area contributed by atoms with Crippen molar-refractivity contribution in [2.45, 2.75) is 44.6 Å². The molecule has 6 nitrogen and oxygen atoms in total. The van der Waals surface area contributed by atoms with E-state index in [1.807, 2.05) is 0 Å². The Bertz CT molecular complexity index is 418. The van der Waals surface area contributed by atoms with Gasteiger partial charge in [-0.1, -0.05) is 0 Å². The molecule has 0 aromatic carbocycles. The zero-order valence-electron chi connectivity index (χ0n) is 12.0. The van der Waals surface area contributed by atoms with Crippen molar-refractivity contribution in [3.05, 3.63) is 0 Å². The molecule has 21 heavy (non-hydrogen) atoms. The Kier molecular flexibility index (Phi) is 4.76. The smallest absolute Gasteiger partial charge is 0.419 e. The van der Waals surface area contributed by atoms with Gasteiger partial charge in [-0.25, -0.2) is 4.79 Å². The molecule has 122 valence electrons. The van der Waals surface area contributed by atoms with E-state index in [1.54, 1.807) is 20.8 Å². The van der Waals surface area contributed by atoms with Crippen LogP contribution in [0.3, 0.4) is 0 Å². The van der Waals surface area contributed by atoms with Crippen LogP contribution in [-0.2, 0) is 14.3 Å². The lowest BCUT2D eigenvalue weighted by Crippen LogP contribution is -2.62. The largest absolute Gasteiger partial charge is 0.481 e. The second-order valence-electron chi connectivity index (χ2n) is 5.81. The molecule has 0 unspecified atom stereocenters. The van der Waals surface area contributed by atoms with Crippen LogP contribution in [0, 0.1) is 0 Å². The first kappa shape index (κ1) is 17.5. The summed E-state index contributed by atoms with van der Waals surface area (Å²) in [6, 6.07) is 0. The van der Waals surface area contributed by atoms with E-state index in [0.717, 1.165) is 4.90 Å². The SMILES string of the molecule is CC(C)(C)OC(=O)N1CCO[C@](CC(=O)O)(C(F)(F)F)C1. The molecule has 1 N–H and O–H groups in total. The van der Waals surface area contributed by atoms with E-state index < -0.39 is 49.0 Å². The summed E-state index contributed by atoms with van der Waals surface area (Å²) in [7, 11) is 0. The Hall–Kier alpha value is -1.51. The first-order valence-electron chi connectivity index (χ1n) is 6.27. The van der Waals surface area contributed by atoms with Crippen LogP contribution in [0.2, 0.25) is 0 Å². The number of carboxylic acid groups (broad SMARTS) is 1. The maximum Gasteiger partial charge on any atom is 0.419 e. The Morgan fingerprint density at radius 1 is 1.33 bits per heavy atom. The van der Waals surface area contributed by atoms with E-state index in [9.17, 15) is 22.8 Å². The van der Waals surface area contributed by atoms with Crippen molar-refractivity contribution in [1.82, 2.24) is 4.90 Å². The highest BCUT2D eigenvalue weighted by Gasteiger charge is 2.60. The van der Waals surface area contributed by atoms with Gasteiger partial charge in [-0.15, -0.1) is 0 Å². The standard InChI is InChI=1S/C12H18F3NO5/c1-10(2,3)21-9(19)16-4-5-20-11(7-16,6-8(17)18)12(13,14)15/h4-7H2,1-3H3,(H,17,18)/t11-/m0/s1. The maximum atomic E-state index is 13.2. The highest BCUT2D eigenvalue weighted by molar-refractivity contribution is 5.70. The summed E-state index contributed by atoms with van der Waals surface area (Å²) < 4.78 is 49.2. The second kappa shape index (κ2) is 5.70. The van der Waals surface area contributed by atoms with Crippen LogP contribution in [0.15, 0.2) is 0 Å². The van der Waals surface area contributed by atoms with Gasteiger partial charge in [-0.2, -0.15) is 13.2 Å². The van der Waals surface area contributed by atoms with Crippen LogP contribution in [0.5, 0.6) is 0 Å². The van der Waals surface area contributed by atoms with Crippen LogP contribution >= 0.6 is 0 Å². The Morgan fingerprint density at radius 3 is 2.33 bits per heavy atom. The summed E-state index contributed by atoms with van der Waals surface area (Å²) in [6.07, 6.45) is -7.10. The highest BCUT2D eigenvalue weighted by atomic mass is 19.4. The van der Waals surface area contributed by atoms with E-state index in [2.05, 4.69) is 0 Å². The number of rotatable bonds is 2. The van der Waals surface area contributed by atoms with E-state index in [-0.39, 0.29) is 6.54 Å². The number of carbonyl (C=O) groups excluding carboxylic acids is 1. The number of nitrogens with zero attached hydrogens (tertiary/aromatic N) is 1. The molecule has 0 saturated carbocycles.